The van der Waals surface area contributed by atoms with Gasteiger partial charge in [-0.3, -0.25) is 0 Å². The second kappa shape index (κ2) is 8.57. The van der Waals surface area contributed by atoms with Crippen molar-refractivity contribution in [1.82, 2.24) is 3.97 Å². The van der Waals surface area contributed by atoms with E-state index in [1.807, 2.05) is 24.3 Å². The quantitative estimate of drug-likeness (QED) is 0.315. The van der Waals surface area contributed by atoms with E-state index in [1.165, 1.54) is 3.97 Å². The fourth-order valence-corrected chi connectivity index (χ4v) is 6.52. The van der Waals surface area contributed by atoms with E-state index in [2.05, 4.69) is 67.7 Å². The molecule has 0 aliphatic rings. The molecule has 186 valence electrons. The predicted octanol–water partition coefficient (Wildman–Crippen LogP) is 7.65. The Labute approximate surface area is 207 Å². The van der Waals surface area contributed by atoms with Crippen LogP contribution in [0.1, 0.15) is 41.5 Å². The molecule has 5 nitrogen and oxygen atoms in total. The molecule has 0 amide bonds. The zero-order valence-corrected chi connectivity index (χ0v) is 25.0. The number of nitrogens with zero attached hydrogens (tertiary/aromatic N) is 1. The Morgan fingerprint density at radius 1 is 0.765 bits per heavy atom. The molecule has 2 aromatic carbocycles. The van der Waals surface area contributed by atoms with E-state index in [-0.39, 0.29) is 15.0 Å². The average Bonchev–Trinajstić information content (AvgIpc) is 3.11. The van der Waals surface area contributed by atoms with E-state index < -0.39 is 26.7 Å². The molecule has 3 rings (SSSR count). The molecule has 0 atom stereocenters. The van der Waals surface area contributed by atoms with Gasteiger partial charge in [0.05, 0.1) is 4.90 Å². The van der Waals surface area contributed by atoms with Crippen LogP contribution in [0.5, 0.6) is 11.5 Å². The third-order valence-corrected chi connectivity index (χ3v) is 17.7. The summed E-state index contributed by atoms with van der Waals surface area (Å²) >= 11 is 0. The van der Waals surface area contributed by atoms with Gasteiger partial charge in [0.2, 0.25) is 8.32 Å². The summed E-state index contributed by atoms with van der Waals surface area (Å²) in [7, 11) is -8.16. The van der Waals surface area contributed by atoms with Crippen LogP contribution in [0.4, 0.5) is 0 Å². The minimum Gasteiger partial charge on any atom is -0.543 e. The van der Waals surface area contributed by atoms with Crippen LogP contribution >= 0.6 is 0 Å². The highest BCUT2D eigenvalue weighted by Gasteiger charge is 2.41. The molecule has 8 heteroatoms. The first kappa shape index (κ1) is 26.6. The molecule has 0 aliphatic heterocycles. The van der Waals surface area contributed by atoms with E-state index in [4.69, 9.17) is 8.85 Å². The maximum absolute atomic E-state index is 13.6. The number of rotatable bonds is 6. The lowest BCUT2D eigenvalue weighted by molar-refractivity contribution is 0.477. The summed E-state index contributed by atoms with van der Waals surface area (Å²) in [5.41, 5.74) is 0.552. The van der Waals surface area contributed by atoms with Crippen LogP contribution in [0.2, 0.25) is 36.3 Å². The number of benzene rings is 2. The third-order valence-electron chi connectivity index (χ3n) is 7.34. The molecule has 1 heterocycles. The van der Waals surface area contributed by atoms with Gasteiger partial charge in [-0.25, -0.2) is 12.4 Å². The molecule has 0 radical (unpaired) electrons. The van der Waals surface area contributed by atoms with Crippen molar-refractivity contribution in [3.05, 3.63) is 54.7 Å². The molecule has 0 spiro atoms. The topological polar surface area (TPSA) is 57.5 Å². The zero-order chi connectivity index (χ0) is 25.7. The second-order valence-corrected chi connectivity index (χ2v) is 23.3. The monoisotopic (exact) mass is 517 g/mol. The molecular weight excluding hydrogens is 479 g/mol. The van der Waals surface area contributed by atoms with Crippen LogP contribution in [0.15, 0.2) is 59.6 Å². The van der Waals surface area contributed by atoms with Crippen molar-refractivity contribution < 1.29 is 17.3 Å². The zero-order valence-electron chi connectivity index (χ0n) is 22.2. The van der Waals surface area contributed by atoms with Crippen LogP contribution in [-0.2, 0) is 10.0 Å². The summed E-state index contributed by atoms with van der Waals surface area (Å²) in [6, 6.07) is 14.2. The van der Waals surface area contributed by atoms with E-state index in [0.717, 1.165) is 11.1 Å². The smallest absolute Gasteiger partial charge is 0.268 e. The van der Waals surface area contributed by atoms with E-state index in [0.29, 0.717) is 11.3 Å². The number of hydrogen-bond donors (Lipinski definition) is 0. The van der Waals surface area contributed by atoms with Crippen molar-refractivity contribution >= 4 is 37.6 Å². The van der Waals surface area contributed by atoms with Gasteiger partial charge in [0.15, 0.2) is 0 Å². The maximum Gasteiger partial charge on any atom is 0.268 e. The summed E-state index contributed by atoms with van der Waals surface area (Å²) in [6.45, 7) is 21.9. The number of aromatic nitrogens is 1. The van der Waals surface area contributed by atoms with Crippen LogP contribution in [0.3, 0.4) is 0 Å². The normalized spacial score (nSPS) is 13.8. The molecular formula is C26H39NO4SSi2. The predicted molar refractivity (Wildman–Crippen MR) is 147 cm³/mol. The largest absolute Gasteiger partial charge is 0.543 e. The van der Waals surface area contributed by atoms with E-state index in [1.54, 1.807) is 30.5 Å². The Morgan fingerprint density at radius 2 is 1.29 bits per heavy atom. The SMILES string of the molecule is CC(C)(C)[Si](C)(C)Oc1cc(O[Si](C)(C)C(C)(C)C)c2c(ccn2S(=O)(=O)c2ccccc2)c1. The summed E-state index contributed by atoms with van der Waals surface area (Å²) in [5.74, 6) is 1.28. The minimum absolute atomic E-state index is 0.0327. The Hall–Kier alpha value is -2.04. The van der Waals surface area contributed by atoms with Crippen molar-refractivity contribution in [2.45, 2.75) is 82.7 Å². The summed E-state index contributed by atoms with van der Waals surface area (Å²) < 4.78 is 41.8. The van der Waals surface area contributed by atoms with Gasteiger partial charge in [-0.05, 0) is 60.5 Å². The van der Waals surface area contributed by atoms with Gasteiger partial charge in [0.1, 0.15) is 17.0 Å². The molecule has 0 saturated carbocycles. The van der Waals surface area contributed by atoms with Crippen molar-refractivity contribution in [3.63, 3.8) is 0 Å². The maximum atomic E-state index is 13.6. The van der Waals surface area contributed by atoms with E-state index in [9.17, 15) is 8.42 Å². The van der Waals surface area contributed by atoms with Crippen LogP contribution in [-0.4, -0.2) is 29.0 Å². The van der Waals surface area contributed by atoms with Crippen molar-refractivity contribution in [2.24, 2.45) is 0 Å². The summed E-state index contributed by atoms with van der Waals surface area (Å²) in [5, 5.41) is 0.764. The molecule has 0 saturated heterocycles. The third kappa shape index (κ3) is 4.99. The Kier molecular flexibility index (Phi) is 6.69. The Bertz CT molecular complexity index is 1280. The standard InChI is InChI=1S/C26H39NO4SSi2/c1-25(2,3)33(7,8)30-21-18-20-16-17-27(32(28,29)22-14-12-11-13-15-22)24(20)23(19-21)31-34(9,10)26(4,5)6/h11-19H,1-10H3. The summed E-state index contributed by atoms with van der Waals surface area (Å²) in [6.07, 6.45) is 1.61. The van der Waals surface area contributed by atoms with Gasteiger partial charge in [0.25, 0.3) is 18.3 Å². The average molecular weight is 518 g/mol. The Balaban J connectivity index is 2.25. The van der Waals surface area contributed by atoms with E-state index >= 15 is 0 Å². The first-order chi connectivity index (χ1) is 15.4. The molecule has 0 bridgehead atoms. The van der Waals surface area contributed by atoms with Crippen molar-refractivity contribution in [3.8, 4) is 11.5 Å². The molecule has 0 fully saturated rings. The van der Waals surface area contributed by atoms with Crippen LogP contribution in [0, 0.1) is 0 Å². The van der Waals surface area contributed by atoms with Crippen LogP contribution < -0.4 is 8.85 Å². The fourth-order valence-electron chi connectivity index (χ4n) is 3.11. The molecule has 1 aromatic heterocycles. The fraction of sp³-hybridized carbons (Fsp3) is 0.462. The lowest BCUT2D eigenvalue weighted by atomic mass is 10.2. The number of fused-ring (bicyclic) bond motifs is 1. The highest BCUT2D eigenvalue weighted by Crippen LogP contribution is 2.43. The number of hydrogen-bond acceptors (Lipinski definition) is 4. The lowest BCUT2D eigenvalue weighted by Gasteiger charge is -2.38. The lowest BCUT2D eigenvalue weighted by Crippen LogP contribution is -2.44. The van der Waals surface area contributed by atoms with Crippen molar-refractivity contribution in [2.75, 3.05) is 0 Å². The van der Waals surface area contributed by atoms with Gasteiger partial charge in [-0.15, -0.1) is 0 Å². The highest BCUT2D eigenvalue weighted by atomic mass is 32.2. The molecule has 0 unspecified atom stereocenters. The van der Waals surface area contributed by atoms with Gasteiger partial charge >= 0.3 is 0 Å². The second-order valence-electron chi connectivity index (χ2n) is 12.0. The first-order valence-electron chi connectivity index (χ1n) is 11.7. The van der Waals surface area contributed by atoms with Gasteiger partial charge in [-0.1, -0.05) is 59.7 Å². The Morgan fingerprint density at radius 3 is 1.82 bits per heavy atom. The molecule has 0 aliphatic carbocycles. The minimum atomic E-state index is -3.79. The first-order valence-corrected chi connectivity index (χ1v) is 19.0. The molecule has 0 N–H and O–H groups in total. The van der Waals surface area contributed by atoms with Gasteiger partial charge in [0, 0.05) is 17.6 Å². The molecule has 34 heavy (non-hydrogen) atoms. The van der Waals surface area contributed by atoms with Gasteiger partial charge in [-0.2, -0.15) is 0 Å². The summed E-state index contributed by atoms with van der Waals surface area (Å²) in [4.78, 5) is 0.243. The highest BCUT2D eigenvalue weighted by molar-refractivity contribution is 7.90. The van der Waals surface area contributed by atoms with Gasteiger partial charge < -0.3 is 8.85 Å². The van der Waals surface area contributed by atoms with Crippen LogP contribution in [0.25, 0.3) is 10.9 Å². The van der Waals surface area contributed by atoms with Crippen molar-refractivity contribution in [1.29, 1.82) is 0 Å². The molecule has 3 aromatic rings.